The number of para-hydroxylation sites is 2. The van der Waals surface area contributed by atoms with Crippen LogP contribution in [0.2, 0.25) is 4.34 Å². The number of nitrogens with two attached hydrogens (primary N) is 1. The molecule has 2 heterocycles. The van der Waals surface area contributed by atoms with E-state index in [1.807, 2.05) is 41.1 Å². The van der Waals surface area contributed by atoms with Crippen molar-refractivity contribution in [3.05, 3.63) is 39.5 Å². The predicted molar refractivity (Wildman–Crippen MR) is 80.4 cm³/mol. The van der Waals surface area contributed by atoms with Crippen molar-refractivity contribution in [3.63, 3.8) is 0 Å². The highest BCUT2D eigenvalue weighted by Crippen LogP contribution is 2.34. The van der Waals surface area contributed by atoms with Gasteiger partial charge in [0.2, 0.25) is 5.95 Å². The number of aryl methyl sites for hydroxylation is 1. The van der Waals surface area contributed by atoms with Crippen molar-refractivity contribution in [3.8, 4) is 5.69 Å². The van der Waals surface area contributed by atoms with Crippen molar-refractivity contribution >= 4 is 52.3 Å². The number of halogens is 2. The van der Waals surface area contributed by atoms with Crippen LogP contribution in [0.4, 0.5) is 5.95 Å². The lowest BCUT2D eigenvalue weighted by atomic mass is 10.3. The molecule has 0 aliphatic carbocycles. The number of imidazole rings is 1. The van der Waals surface area contributed by atoms with E-state index in [1.54, 1.807) is 0 Å². The molecule has 2 aromatic heterocycles. The number of nitrogen functional groups attached to an aromatic ring is 1. The minimum Gasteiger partial charge on any atom is -0.369 e. The van der Waals surface area contributed by atoms with E-state index in [-0.39, 0.29) is 12.4 Å². The van der Waals surface area contributed by atoms with Crippen molar-refractivity contribution in [2.45, 2.75) is 6.92 Å². The van der Waals surface area contributed by atoms with Gasteiger partial charge in [-0.15, -0.1) is 23.7 Å². The van der Waals surface area contributed by atoms with Crippen LogP contribution in [-0.2, 0) is 0 Å². The zero-order valence-electron chi connectivity index (χ0n) is 9.55. The summed E-state index contributed by atoms with van der Waals surface area (Å²) in [4.78, 5) is 4.34. The van der Waals surface area contributed by atoms with E-state index in [1.165, 1.54) is 11.3 Å². The van der Waals surface area contributed by atoms with Gasteiger partial charge in [-0.2, -0.15) is 0 Å². The van der Waals surface area contributed by atoms with Crippen molar-refractivity contribution in [2.75, 3.05) is 5.73 Å². The van der Waals surface area contributed by atoms with Crippen molar-refractivity contribution in [1.82, 2.24) is 9.55 Å². The molecule has 2 N–H and O–H groups in total. The summed E-state index contributed by atoms with van der Waals surface area (Å²) >= 11 is 7.73. The normalized spacial score (nSPS) is 10.6. The fraction of sp³-hybridized carbons (Fsp3) is 0.0833. The van der Waals surface area contributed by atoms with Crippen LogP contribution < -0.4 is 5.73 Å². The average Bonchev–Trinajstić information content (AvgIpc) is 2.79. The van der Waals surface area contributed by atoms with Gasteiger partial charge in [0, 0.05) is 0 Å². The Labute approximate surface area is 120 Å². The largest absolute Gasteiger partial charge is 0.369 e. The number of aromatic nitrogens is 2. The number of rotatable bonds is 1. The molecule has 94 valence electrons. The molecule has 18 heavy (non-hydrogen) atoms. The third-order valence-corrected chi connectivity index (χ3v) is 4.03. The van der Waals surface area contributed by atoms with Gasteiger partial charge in [0.05, 0.1) is 16.7 Å². The minimum absolute atomic E-state index is 0. The molecular weight excluding hydrogens is 289 g/mol. The summed E-state index contributed by atoms with van der Waals surface area (Å²) in [5, 5.41) is 2.02. The van der Waals surface area contributed by atoms with Gasteiger partial charge in [-0.3, -0.25) is 4.57 Å². The van der Waals surface area contributed by atoms with Crippen LogP contribution >= 0.6 is 35.3 Å². The molecule has 3 rings (SSSR count). The maximum absolute atomic E-state index is 6.22. The standard InChI is InChI=1S/C12H10ClN3S.ClH/c1-7-6-17-11(13)10(7)16-9-5-3-2-4-8(9)15-12(16)14;/h2-6H,1H3,(H2,14,15);1H. The lowest BCUT2D eigenvalue weighted by molar-refractivity contribution is 1.10. The molecule has 0 atom stereocenters. The molecule has 0 aliphatic rings. The summed E-state index contributed by atoms with van der Waals surface area (Å²) in [6.45, 7) is 2.02. The topological polar surface area (TPSA) is 43.8 Å². The quantitative estimate of drug-likeness (QED) is 0.736. The Hall–Kier alpha value is -1.23. The number of benzene rings is 1. The lowest BCUT2D eigenvalue weighted by Crippen LogP contribution is -2.01. The van der Waals surface area contributed by atoms with Crippen molar-refractivity contribution in [1.29, 1.82) is 0 Å². The molecule has 0 unspecified atom stereocenters. The van der Waals surface area contributed by atoms with Crippen LogP contribution in [0.5, 0.6) is 0 Å². The summed E-state index contributed by atoms with van der Waals surface area (Å²) < 4.78 is 2.64. The highest BCUT2D eigenvalue weighted by molar-refractivity contribution is 7.15. The lowest BCUT2D eigenvalue weighted by Gasteiger charge is -2.06. The summed E-state index contributed by atoms with van der Waals surface area (Å²) in [6, 6.07) is 7.85. The second-order valence-corrected chi connectivity index (χ2v) is 5.32. The average molecular weight is 300 g/mol. The first-order valence-corrected chi connectivity index (χ1v) is 6.41. The number of hydrogen-bond acceptors (Lipinski definition) is 3. The Morgan fingerprint density at radius 1 is 1.33 bits per heavy atom. The van der Waals surface area contributed by atoms with Gasteiger partial charge in [0.25, 0.3) is 0 Å². The molecule has 0 amide bonds. The van der Waals surface area contributed by atoms with Gasteiger partial charge in [-0.25, -0.2) is 4.98 Å². The molecule has 0 saturated carbocycles. The first kappa shape index (κ1) is 13.2. The molecule has 0 fully saturated rings. The van der Waals surface area contributed by atoms with Crippen molar-refractivity contribution in [2.24, 2.45) is 0 Å². The Balaban J connectivity index is 0.00000120. The highest BCUT2D eigenvalue weighted by Gasteiger charge is 2.15. The van der Waals surface area contributed by atoms with Gasteiger partial charge >= 0.3 is 0 Å². The molecule has 3 aromatic rings. The zero-order valence-corrected chi connectivity index (χ0v) is 11.9. The summed E-state index contributed by atoms with van der Waals surface area (Å²) in [5.74, 6) is 0.467. The number of nitrogens with zero attached hydrogens (tertiary/aromatic N) is 2. The first-order valence-electron chi connectivity index (χ1n) is 5.15. The second-order valence-electron chi connectivity index (χ2n) is 3.84. The number of fused-ring (bicyclic) bond motifs is 1. The van der Waals surface area contributed by atoms with Crippen LogP contribution in [0.15, 0.2) is 29.6 Å². The Morgan fingerprint density at radius 3 is 2.72 bits per heavy atom. The monoisotopic (exact) mass is 299 g/mol. The molecule has 0 aliphatic heterocycles. The van der Waals surface area contributed by atoms with E-state index < -0.39 is 0 Å². The molecule has 0 radical (unpaired) electrons. The van der Waals surface area contributed by atoms with Gasteiger partial charge in [-0.05, 0) is 30.0 Å². The fourth-order valence-electron chi connectivity index (χ4n) is 1.95. The number of anilines is 1. The van der Waals surface area contributed by atoms with E-state index in [0.29, 0.717) is 5.95 Å². The van der Waals surface area contributed by atoms with Crippen LogP contribution in [0.25, 0.3) is 16.7 Å². The van der Waals surface area contributed by atoms with E-state index in [0.717, 1.165) is 26.6 Å². The second kappa shape index (κ2) is 4.80. The Morgan fingerprint density at radius 2 is 2.06 bits per heavy atom. The molecular formula is C12H11Cl2N3S. The molecule has 0 spiro atoms. The minimum atomic E-state index is 0. The third kappa shape index (κ3) is 1.86. The maximum atomic E-state index is 6.22. The molecule has 3 nitrogen and oxygen atoms in total. The summed E-state index contributed by atoms with van der Waals surface area (Å²) in [6.07, 6.45) is 0. The van der Waals surface area contributed by atoms with Gasteiger partial charge in [-0.1, -0.05) is 23.7 Å². The Bertz CT molecular complexity index is 683. The summed E-state index contributed by atoms with van der Waals surface area (Å²) in [5.41, 5.74) is 9.88. The molecule has 6 heteroatoms. The van der Waals surface area contributed by atoms with Crippen LogP contribution in [-0.4, -0.2) is 9.55 Å². The van der Waals surface area contributed by atoms with Crippen molar-refractivity contribution < 1.29 is 0 Å². The molecule has 0 saturated heterocycles. The first-order chi connectivity index (χ1) is 8.18. The van der Waals surface area contributed by atoms with Gasteiger partial charge < -0.3 is 5.73 Å². The summed E-state index contributed by atoms with van der Waals surface area (Å²) in [7, 11) is 0. The third-order valence-electron chi connectivity index (χ3n) is 2.71. The fourth-order valence-corrected chi connectivity index (χ4v) is 3.07. The maximum Gasteiger partial charge on any atom is 0.206 e. The molecule has 1 aromatic carbocycles. The van der Waals surface area contributed by atoms with Crippen LogP contribution in [0.3, 0.4) is 0 Å². The van der Waals surface area contributed by atoms with Gasteiger partial charge in [0.1, 0.15) is 4.34 Å². The van der Waals surface area contributed by atoms with Crippen LogP contribution in [0, 0.1) is 6.92 Å². The highest BCUT2D eigenvalue weighted by atomic mass is 35.5. The predicted octanol–water partition coefficient (Wildman–Crippen LogP) is 4.05. The van der Waals surface area contributed by atoms with E-state index in [9.17, 15) is 0 Å². The van der Waals surface area contributed by atoms with Gasteiger partial charge in [0.15, 0.2) is 0 Å². The number of hydrogen-bond donors (Lipinski definition) is 1. The molecule has 0 bridgehead atoms. The van der Waals surface area contributed by atoms with E-state index in [4.69, 9.17) is 17.3 Å². The van der Waals surface area contributed by atoms with E-state index >= 15 is 0 Å². The smallest absolute Gasteiger partial charge is 0.206 e. The SMILES string of the molecule is Cc1csc(Cl)c1-n1c(N)nc2ccccc21.Cl. The van der Waals surface area contributed by atoms with Crippen LogP contribution in [0.1, 0.15) is 5.56 Å². The number of thiophene rings is 1. The zero-order chi connectivity index (χ0) is 12.0. The Kier molecular flexibility index (Phi) is 3.52. The van der Waals surface area contributed by atoms with E-state index in [2.05, 4.69) is 4.98 Å².